The quantitative estimate of drug-likeness (QED) is 0.728. The molecule has 0 bridgehead atoms. The molecule has 156 valence electrons. The third kappa shape index (κ3) is 3.49. The summed E-state index contributed by atoms with van der Waals surface area (Å²) >= 11 is 0. The molecule has 1 aromatic carbocycles. The third-order valence-electron chi connectivity index (χ3n) is 6.26. The molecule has 2 fully saturated rings. The zero-order valence-corrected chi connectivity index (χ0v) is 16.9. The summed E-state index contributed by atoms with van der Waals surface area (Å²) in [5.41, 5.74) is -0.0492. The molecule has 7 heteroatoms. The summed E-state index contributed by atoms with van der Waals surface area (Å²) in [5.74, 6) is -1.52. The van der Waals surface area contributed by atoms with Gasteiger partial charge in [0.1, 0.15) is 5.82 Å². The van der Waals surface area contributed by atoms with Crippen LogP contribution in [0.3, 0.4) is 0 Å². The fraction of sp³-hybridized carbons (Fsp3) is 0.391. The van der Waals surface area contributed by atoms with E-state index in [2.05, 4.69) is 4.98 Å². The summed E-state index contributed by atoms with van der Waals surface area (Å²) in [6.07, 6.45) is 5.84. The molecule has 2 atom stereocenters. The maximum Gasteiger partial charge on any atom is 0.240 e. The second-order valence-electron chi connectivity index (χ2n) is 8.09. The molecule has 0 radical (unpaired) electrons. The van der Waals surface area contributed by atoms with Crippen molar-refractivity contribution in [3.8, 4) is 0 Å². The number of aromatic nitrogens is 1. The Morgan fingerprint density at radius 2 is 2.07 bits per heavy atom. The second kappa shape index (κ2) is 7.97. The minimum atomic E-state index is -1.37. The molecule has 2 aliphatic rings. The van der Waals surface area contributed by atoms with E-state index in [1.54, 1.807) is 23.4 Å². The molecule has 6 nitrogen and oxygen atoms in total. The average Bonchev–Trinajstić information content (AvgIpc) is 2.98. The summed E-state index contributed by atoms with van der Waals surface area (Å²) in [6, 6.07) is 9.34. The maximum absolute atomic E-state index is 14.0. The standard InChI is InChI=1S/C23H24FN3O3/c1-26-20(28)13-23(22(26)30,17-7-4-8-18(24)12-17)14-21(29)27-11-3-2-9-19(27)16-6-5-10-25-15-16/h4-8,10,12,15,19H,2-3,9,11,13-14H2,1H3. The highest BCUT2D eigenvalue weighted by molar-refractivity contribution is 6.10. The Kier molecular flexibility index (Phi) is 5.37. The highest BCUT2D eigenvalue weighted by atomic mass is 19.1. The van der Waals surface area contributed by atoms with Crippen LogP contribution in [0.2, 0.25) is 0 Å². The van der Waals surface area contributed by atoms with Crippen LogP contribution in [-0.2, 0) is 19.8 Å². The molecule has 1 aromatic heterocycles. The van der Waals surface area contributed by atoms with E-state index in [4.69, 9.17) is 0 Å². The molecule has 3 amide bonds. The molecule has 0 aliphatic carbocycles. The number of piperidine rings is 1. The highest BCUT2D eigenvalue weighted by Gasteiger charge is 2.53. The van der Waals surface area contributed by atoms with E-state index >= 15 is 0 Å². The van der Waals surface area contributed by atoms with Crippen molar-refractivity contribution in [1.82, 2.24) is 14.8 Å². The van der Waals surface area contributed by atoms with Gasteiger partial charge in [0.2, 0.25) is 17.7 Å². The van der Waals surface area contributed by atoms with Gasteiger partial charge in [-0.3, -0.25) is 24.3 Å². The first-order valence-corrected chi connectivity index (χ1v) is 10.2. The van der Waals surface area contributed by atoms with Crippen LogP contribution < -0.4 is 0 Å². The van der Waals surface area contributed by atoms with Crippen molar-refractivity contribution in [2.75, 3.05) is 13.6 Å². The van der Waals surface area contributed by atoms with Gasteiger partial charge in [-0.05, 0) is 48.6 Å². The number of hydrogen-bond acceptors (Lipinski definition) is 4. The number of carbonyl (C=O) groups excluding carboxylic acids is 3. The lowest BCUT2D eigenvalue weighted by Gasteiger charge is -2.38. The van der Waals surface area contributed by atoms with Gasteiger partial charge in [-0.25, -0.2) is 4.39 Å². The number of pyridine rings is 1. The fourth-order valence-corrected chi connectivity index (χ4v) is 4.65. The summed E-state index contributed by atoms with van der Waals surface area (Å²) in [7, 11) is 1.41. The van der Waals surface area contributed by atoms with Crippen molar-refractivity contribution in [3.05, 3.63) is 65.7 Å². The Labute approximate surface area is 174 Å². The smallest absolute Gasteiger partial charge is 0.240 e. The fourth-order valence-electron chi connectivity index (χ4n) is 4.65. The van der Waals surface area contributed by atoms with E-state index in [1.807, 2.05) is 12.1 Å². The average molecular weight is 409 g/mol. The lowest BCUT2D eigenvalue weighted by atomic mass is 9.75. The molecule has 2 aliphatic heterocycles. The number of imide groups is 1. The van der Waals surface area contributed by atoms with Crippen LogP contribution in [0.15, 0.2) is 48.8 Å². The summed E-state index contributed by atoms with van der Waals surface area (Å²) < 4.78 is 14.0. The molecule has 2 aromatic rings. The first-order chi connectivity index (χ1) is 14.4. The first kappa shape index (κ1) is 20.2. The number of rotatable bonds is 4. The van der Waals surface area contributed by atoms with Crippen LogP contribution in [0.4, 0.5) is 4.39 Å². The number of carbonyl (C=O) groups is 3. The van der Waals surface area contributed by atoms with Gasteiger partial charge < -0.3 is 4.90 Å². The normalized spacial score (nSPS) is 24.4. The van der Waals surface area contributed by atoms with E-state index in [0.717, 1.165) is 29.7 Å². The van der Waals surface area contributed by atoms with Crippen LogP contribution in [0.1, 0.15) is 49.3 Å². The van der Waals surface area contributed by atoms with Gasteiger partial charge in [0.25, 0.3) is 0 Å². The Bertz CT molecular complexity index is 981. The number of benzene rings is 1. The van der Waals surface area contributed by atoms with Crippen LogP contribution in [0.5, 0.6) is 0 Å². The molecule has 2 saturated heterocycles. The van der Waals surface area contributed by atoms with Gasteiger partial charge in [-0.2, -0.15) is 0 Å². The predicted molar refractivity (Wildman–Crippen MR) is 108 cm³/mol. The molecule has 0 saturated carbocycles. The molecular formula is C23H24FN3O3. The summed E-state index contributed by atoms with van der Waals surface area (Å²) in [4.78, 5) is 46.0. The van der Waals surface area contributed by atoms with Gasteiger partial charge in [0.15, 0.2) is 0 Å². The van der Waals surface area contributed by atoms with Crippen molar-refractivity contribution >= 4 is 17.7 Å². The van der Waals surface area contributed by atoms with E-state index in [-0.39, 0.29) is 30.7 Å². The number of likely N-dealkylation sites (tertiary alicyclic amines) is 2. The van der Waals surface area contributed by atoms with Crippen molar-refractivity contribution in [3.63, 3.8) is 0 Å². The monoisotopic (exact) mass is 409 g/mol. The van der Waals surface area contributed by atoms with Crippen molar-refractivity contribution in [1.29, 1.82) is 0 Å². The number of nitrogens with zero attached hydrogens (tertiary/aromatic N) is 3. The third-order valence-corrected chi connectivity index (χ3v) is 6.26. The van der Waals surface area contributed by atoms with Crippen LogP contribution in [0.25, 0.3) is 0 Å². The van der Waals surface area contributed by atoms with E-state index in [1.165, 1.54) is 25.2 Å². The van der Waals surface area contributed by atoms with Crippen LogP contribution in [0, 0.1) is 5.82 Å². The number of halogens is 1. The van der Waals surface area contributed by atoms with E-state index in [9.17, 15) is 18.8 Å². The zero-order valence-electron chi connectivity index (χ0n) is 16.9. The van der Waals surface area contributed by atoms with Gasteiger partial charge in [-0.1, -0.05) is 18.2 Å². The Morgan fingerprint density at radius 1 is 1.23 bits per heavy atom. The lowest BCUT2D eigenvalue weighted by molar-refractivity contribution is -0.143. The molecule has 4 rings (SSSR count). The van der Waals surface area contributed by atoms with E-state index in [0.29, 0.717) is 12.1 Å². The minimum absolute atomic E-state index is 0.116. The van der Waals surface area contributed by atoms with Gasteiger partial charge >= 0.3 is 0 Å². The maximum atomic E-state index is 14.0. The first-order valence-electron chi connectivity index (χ1n) is 10.2. The Balaban J connectivity index is 1.68. The van der Waals surface area contributed by atoms with Crippen molar-refractivity contribution in [2.45, 2.75) is 43.6 Å². The van der Waals surface area contributed by atoms with Gasteiger partial charge in [0, 0.05) is 38.8 Å². The number of amides is 3. The SMILES string of the molecule is CN1C(=O)CC(CC(=O)N2CCCCC2c2cccnc2)(c2cccc(F)c2)C1=O. The second-order valence-corrected chi connectivity index (χ2v) is 8.09. The molecule has 30 heavy (non-hydrogen) atoms. The van der Waals surface area contributed by atoms with Crippen molar-refractivity contribution in [2.24, 2.45) is 0 Å². The molecule has 0 N–H and O–H groups in total. The topological polar surface area (TPSA) is 70.6 Å². The summed E-state index contributed by atoms with van der Waals surface area (Å²) in [6.45, 7) is 0.579. The van der Waals surface area contributed by atoms with Crippen molar-refractivity contribution < 1.29 is 18.8 Å². The van der Waals surface area contributed by atoms with Gasteiger partial charge in [-0.15, -0.1) is 0 Å². The highest BCUT2D eigenvalue weighted by Crippen LogP contribution is 2.41. The number of likely N-dealkylation sites (N-methyl/N-ethyl adjacent to an activating group) is 1. The van der Waals surface area contributed by atoms with Gasteiger partial charge in [0.05, 0.1) is 11.5 Å². The number of hydrogen-bond donors (Lipinski definition) is 0. The molecule has 0 spiro atoms. The molecule has 3 heterocycles. The predicted octanol–water partition coefficient (Wildman–Crippen LogP) is 2.99. The van der Waals surface area contributed by atoms with E-state index < -0.39 is 17.1 Å². The Hall–Kier alpha value is -3.09. The largest absolute Gasteiger partial charge is 0.336 e. The lowest BCUT2D eigenvalue weighted by Crippen LogP contribution is -2.45. The Morgan fingerprint density at radius 3 is 2.73 bits per heavy atom. The molecule has 2 unspecified atom stereocenters. The molecular weight excluding hydrogens is 385 g/mol. The summed E-state index contributed by atoms with van der Waals surface area (Å²) in [5, 5.41) is 0. The minimum Gasteiger partial charge on any atom is -0.336 e. The van der Waals surface area contributed by atoms with Crippen LogP contribution >= 0.6 is 0 Å². The van der Waals surface area contributed by atoms with Crippen LogP contribution in [-0.4, -0.2) is 46.1 Å². The zero-order chi connectivity index (χ0) is 21.3.